The van der Waals surface area contributed by atoms with E-state index in [0.717, 1.165) is 23.9 Å². The van der Waals surface area contributed by atoms with E-state index >= 15 is 0 Å². The summed E-state index contributed by atoms with van der Waals surface area (Å²) >= 11 is 1.68. The first-order chi connectivity index (χ1) is 11.9. The highest BCUT2D eigenvalue weighted by molar-refractivity contribution is 7.15. The van der Waals surface area contributed by atoms with Crippen molar-refractivity contribution in [1.29, 1.82) is 0 Å². The van der Waals surface area contributed by atoms with Crippen molar-refractivity contribution >= 4 is 33.6 Å². The van der Waals surface area contributed by atoms with Crippen LogP contribution in [-0.4, -0.2) is 41.9 Å². The van der Waals surface area contributed by atoms with Crippen LogP contribution in [0, 0.1) is 24.0 Å². The zero-order chi connectivity index (χ0) is 18.1. The molecule has 25 heavy (non-hydrogen) atoms. The molecule has 1 aromatic carbocycles. The second kappa shape index (κ2) is 6.79. The lowest BCUT2D eigenvalue weighted by Crippen LogP contribution is -2.46. The average Bonchev–Trinajstić information content (AvgIpc) is 2.93. The molecule has 0 radical (unpaired) electrons. The van der Waals surface area contributed by atoms with Crippen molar-refractivity contribution in [2.24, 2.45) is 0 Å². The molecule has 2 heterocycles. The topological polar surface area (TPSA) is 79.6 Å². The number of aryl methyl sites for hydroxylation is 2. The van der Waals surface area contributed by atoms with E-state index in [9.17, 15) is 14.9 Å². The molecule has 8 heteroatoms. The van der Waals surface area contributed by atoms with Crippen LogP contribution in [0.3, 0.4) is 0 Å². The Bertz CT molecular complexity index is 806. The highest BCUT2D eigenvalue weighted by atomic mass is 32.1. The van der Waals surface area contributed by atoms with Crippen LogP contribution in [0.4, 0.5) is 16.5 Å². The summed E-state index contributed by atoms with van der Waals surface area (Å²) in [5.41, 5.74) is 1.98. The Morgan fingerprint density at radius 1 is 1.20 bits per heavy atom. The van der Waals surface area contributed by atoms with Crippen LogP contribution < -0.4 is 9.80 Å². The zero-order valence-corrected chi connectivity index (χ0v) is 15.3. The van der Waals surface area contributed by atoms with E-state index in [2.05, 4.69) is 16.8 Å². The minimum atomic E-state index is -0.415. The molecule has 0 spiro atoms. The highest BCUT2D eigenvalue weighted by Crippen LogP contribution is 2.32. The van der Waals surface area contributed by atoms with Gasteiger partial charge in [0.2, 0.25) is 0 Å². The Kier molecular flexibility index (Phi) is 4.71. The molecular formula is C17H20N4O3S. The van der Waals surface area contributed by atoms with Crippen LogP contribution >= 0.6 is 11.3 Å². The fourth-order valence-electron chi connectivity index (χ4n) is 2.89. The fourth-order valence-corrected chi connectivity index (χ4v) is 3.85. The summed E-state index contributed by atoms with van der Waals surface area (Å²) in [5, 5.41) is 12.4. The number of ketones is 1. The van der Waals surface area contributed by atoms with Gasteiger partial charge in [-0.15, -0.1) is 11.3 Å². The molecule has 3 rings (SSSR count). The van der Waals surface area contributed by atoms with Gasteiger partial charge in [-0.05, 0) is 32.9 Å². The second-order valence-corrected chi connectivity index (χ2v) is 7.31. The van der Waals surface area contributed by atoms with Crippen LogP contribution in [0.2, 0.25) is 0 Å². The van der Waals surface area contributed by atoms with Crippen molar-refractivity contribution in [2.75, 3.05) is 36.0 Å². The normalized spacial score (nSPS) is 14.7. The number of nitro groups is 1. The van der Waals surface area contributed by atoms with Crippen LogP contribution in [0.25, 0.3) is 0 Å². The van der Waals surface area contributed by atoms with E-state index in [0.29, 0.717) is 24.3 Å². The molecule has 0 N–H and O–H groups in total. The van der Waals surface area contributed by atoms with Crippen molar-refractivity contribution in [3.63, 3.8) is 0 Å². The molecule has 2 aromatic rings. The van der Waals surface area contributed by atoms with Gasteiger partial charge in [-0.3, -0.25) is 14.9 Å². The smallest absolute Gasteiger partial charge is 0.293 e. The molecule has 1 aromatic heterocycles. The predicted molar refractivity (Wildman–Crippen MR) is 99.1 cm³/mol. The Morgan fingerprint density at radius 3 is 2.36 bits per heavy atom. The monoisotopic (exact) mass is 360 g/mol. The summed E-state index contributed by atoms with van der Waals surface area (Å²) in [6, 6.07) is 4.71. The van der Waals surface area contributed by atoms with Gasteiger partial charge in [0.15, 0.2) is 10.9 Å². The van der Waals surface area contributed by atoms with Crippen molar-refractivity contribution in [3.05, 3.63) is 44.4 Å². The maximum Gasteiger partial charge on any atom is 0.293 e. The first kappa shape index (κ1) is 17.3. The quantitative estimate of drug-likeness (QED) is 0.473. The van der Waals surface area contributed by atoms with Crippen molar-refractivity contribution in [1.82, 2.24) is 4.98 Å². The number of hydrogen-bond donors (Lipinski definition) is 0. The Hall–Kier alpha value is -2.48. The number of benzene rings is 1. The van der Waals surface area contributed by atoms with Crippen LogP contribution in [0.5, 0.6) is 0 Å². The number of Topliss-reactive ketones (excluding diaryl/α,β-unsaturated/α-hetero) is 1. The molecule has 0 unspecified atom stereocenters. The number of thiazole rings is 1. The lowest BCUT2D eigenvalue weighted by atomic mass is 10.1. The molecule has 1 aliphatic rings. The van der Waals surface area contributed by atoms with E-state index in [-0.39, 0.29) is 11.5 Å². The number of carbonyl (C=O) groups is 1. The molecule has 1 saturated heterocycles. The van der Waals surface area contributed by atoms with Crippen LogP contribution in [0.1, 0.15) is 27.9 Å². The maximum absolute atomic E-state index is 11.5. The maximum atomic E-state index is 11.5. The number of carbonyl (C=O) groups excluding carboxylic acids is 1. The van der Waals surface area contributed by atoms with Crippen molar-refractivity contribution < 1.29 is 9.72 Å². The van der Waals surface area contributed by atoms with E-state index in [1.807, 2.05) is 11.8 Å². The van der Waals surface area contributed by atoms with Gasteiger partial charge in [0.1, 0.15) is 5.69 Å². The van der Waals surface area contributed by atoms with Crippen LogP contribution in [-0.2, 0) is 0 Å². The van der Waals surface area contributed by atoms with E-state index in [1.165, 1.54) is 17.9 Å². The molecule has 1 fully saturated rings. The predicted octanol–water partition coefficient (Wildman–Crippen LogP) is 3.20. The number of aromatic nitrogens is 1. The number of nitrogens with zero attached hydrogens (tertiary/aromatic N) is 4. The molecule has 0 bridgehead atoms. The largest absolute Gasteiger partial charge is 0.362 e. The van der Waals surface area contributed by atoms with Gasteiger partial charge < -0.3 is 9.80 Å². The van der Waals surface area contributed by atoms with Gasteiger partial charge >= 0.3 is 0 Å². The molecule has 1 aliphatic heterocycles. The molecule has 7 nitrogen and oxygen atoms in total. The molecule has 132 valence electrons. The van der Waals surface area contributed by atoms with E-state index in [4.69, 9.17) is 0 Å². The van der Waals surface area contributed by atoms with E-state index in [1.54, 1.807) is 23.5 Å². The minimum absolute atomic E-state index is 0.0120. The van der Waals surface area contributed by atoms with Gasteiger partial charge in [0.25, 0.3) is 5.69 Å². The third kappa shape index (κ3) is 3.48. The third-order valence-corrected chi connectivity index (χ3v) is 5.62. The second-order valence-electron chi connectivity index (χ2n) is 6.13. The van der Waals surface area contributed by atoms with Crippen molar-refractivity contribution in [2.45, 2.75) is 20.8 Å². The summed E-state index contributed by atoms with van der Waals surface area (Å²) in [5.74, 6) is -0.172. The Balaban J connectivity index is 1.78. The van der Waals surface area contributed by atoms with Gasteiger partial charge in [-0.1, -0.05) is 0 Å². The summed E-state index contributed by atoms with van der Waals surface area (Å²) in [6.07, 6.45) is 0. The van der Waals surface area contributed by atoms with Gasteiger partial charge in [-0.25, -0.2) is 4.98 Å². The van der Waals surface area contributed by atoms with Crippen molar-refractivity contribution in [3.8, 4) is 0 Å². The summed E-state index contributed by atoms with van der Waals surface area (Å²) in [4.78, 5) is 32.5. The lowest BCUT2D eigenvalue weighted by Gasteiger charge is -2.35. The Labute approximate surface area is 150 Å². The standard InChI is InChI=1S/C17H20N4O3S/c1-11-13(3)25-17(18-11)20-8-6-19(7-9-20)15-5-4-14(12(2)22)10-16(15)21(23)24/h4-5,10H,6-9H2,1-3H3. The first-order valence-corrected chi connectivity index (χ1v) is 8.91. The molecule has 0 saturated carbocycles. The third-order valence-electron chi connectivity index (χ3n) is 4.49. The molecular weight excluding hydrogens is 340 g/mol. The summed E-state index contributed by atoms with van der Waals surface area (Å²) in [7, 11) is 0. The number of anilines is 2. The number of rotatable bonds is 4. The van der Waals surface area contributed by atoms with Gasteiger partial charge in [0.05, 0.1) is 10.6 Å². The number of nitro benzene ring substituents is 1. The number of hydrogen-bond acceptors (Lipinski definition) is 7. The molecule has 0 atom stereocenters. The van der Waals surface area contributed by atoms with E-state index < -0.39 is 4.92 Å². The first-order valence-electron chi connectivity index (χ1n) is 8.10. The van der Waals surface area contributed by atoms with Crippen LogP contribution in [0.15, 0.2) is 18.2 Å². The van der Waals surface area contributed by atoms with Gasteiger partial charge in [-0.2, -0.15) is 0 Å². The number of piperazine rings is 1. The zero-order valence-electron chi connectivity index (χ0n) is 14.5. The fraction of sp³-hybridized carbons (Fsp3) is 0.412. The van der Waals surface area contributed by atoms with Gasteiger partial charge in [0, 0.05) is 42.7 Å². The average molecular weight is 360 g/mol. The minimum Gasteiger partial charge on any atom is -0.362 e. The lowest BCUT2D eigenvalue weighted by molar-refractivity contribution is -0.384. The summed E-state index contributed by atoms with van der Waals surface area (Å²) in [6.45, 7) is 8.36. The highest BCUT2D eigenvalue weighted by Gasteiger charge is 2.25. The SMILES string of the molecule is CC(=O)c1ccc(N2CCN(c3nc(C)c(C)s3)CC2)c([N+](=O)[O-])c1. The molecule has 0 amide bonds. The molecule has 0 aliphatic carbocycles. The Morgan fingerprint density at radius 2 is 1.84 bits per heavy atom. The summed E-state index contributed by atoms with van der Waals surface area (Å²) < 4.78 is 0.